The van der Waals surface area contributed by atoms with Crippen molar-refractivity contribution in [1.29, 1.82) is 0 Å². The second kappa shape index (κ2) is 12.2. The third-order valence-electron chi connectivity index (χ3n) is 6.60. The summed E-state index contributed by atoms with van der Waals surface area (Å²) in [6, 6.07) is 23.5. The molecule has 1 aliphatic rings. The van der Waals surface area contributed by atoms with Gasteiger partial charge in [-0.1, -0.05) is 60.3 Å². The Morgan fingerprint density at radius 3 is 2.62 bits per heavy atom. The van der Waals surface area contributed by atoms with Gasteiger partial charge in [0.15, 0.2) is 17.6 Å². The fourth-order valence-electron chi connectivity index (χ4n) is 4.60. The first kappa shape index (κ1) is 26.5. The quantitative estimate of drug-likeness (QED) is 0.310. The Labute approximate surface area is 232 Å². The number of fused-ring (bicyclic) bond motifs is 1. The summed E-state index contributed by atoms with van der Waals surface area (Å²) in [6.45, 7) is 4.83. The van der Waals surface area contributed by atoms with Gasteiger partial charge in [0, 0.05) is 12.2 Å². The van der Waals surface area contributed by atoms with E-state index in [4.69, 9.17) is 4.74 Å². The monoisotopic (exact) mass is 541 g/mol. The first-order chi connectivity index (χ1) is 19.0. The topological polar surface area (TPSA) is 89.4 Å². The van der Waals surface area contributed by atoms with Crippen molar-refractivity contribution in [2.24, 2.45) is 0 Å². The van der Waals surface area contributed by atoms with Crippen LogP contribution in [0, 0.1) is 13.8 Å². The number of carbonyl (C=O) groups excluding carboxylic acids is 2. The van der Waals surface area contributed by atoms with Gasteiger partial charge in [0.25, 0.3) is 5.91 Å². The largest absolute Gasteiger partial charge is 0.484 e. The van der Waals surface area contributed by atoms with E-state index in [0.29, 0.717) is 23.3 Å². The number of ether oxygens (including phenoxy) is 1. The number of rotatable bonds is 9. The number of aromatic nitrogens is 3. The number of thioether (sulfide) groups is 1. The van der Waals surface area contributed by atoms with Gasteiger partial charge >= 0.3 is 0 Å². The van der Waals surface area contributed by atoms with Crippen LogP contribution in [0.3, 0.4) is 0 Å². The van der Waals surface area contributed by atoms with Gasteiger partial charge in [-0.2, -0.15) is 0 Å². The van der Waals surface area contributed by atoms with Crippen molar-refractivity contribution in [3.63, 3.8) is 0 Å². The predicted molar refractivity (Wildman–Crippen MR) is 152 cm³/mol. The van der Waals surface area contributed by atoms with Crippen LogP contribution in [0.1, 0.15) is 28.9 Å². The van der Waals surface area contributed by atoms with Gasteiger partial charge in [-0.05, 0) is 67.6 Å². The lowest BCUT2D eigenvalue weighted by Gasteiger charge is -2.29. The molecule has 3 aromatic carbocycles. The minimum atomic E-state index is -0.262. The van der Waals surface area contributed by atoms with Gasteiger partial charge in [0.05, 0.1) is 18.0 Å². The van der Waals surface area contributed by atoms with Gasteiger partial charge < -0.3 is 15.0 Å². The van der Waals surface area contributed by atoms with Crippen LogP contribution in [0.25, 0.3) is 5.69 Å². The number of nitrogens with one attached hydrogen (secondary N) is 1. The Bertz CT molecular complexity index is 1470. The number of hydrogen-bond donors (Lipinski definition) is 1. The van der Waals surface area contributed by atoms with Crippen molar-refractivity contribution in [3.05, 3.63) is 95.3 Å². The highest BCUT2D eigenvalue weighted by molar-refractivity contribution is 7.99. The Balaban J connectivity index is 1.32. The van der Waals surface area contributed by atoms with Gasteiger partial charge in [-0.25, -0.2) is 0 Å². The van der Waals surface area contributed by atoms with E-state index < -0.39 is 0 Å². The van der Waals surface area contributed by atoms with E-state index in [0.717, 1.165) is 35.3 Å². The normalized spacial score (nSPS) is 12.6. The Kier molecular flexibility index (Phi) is 8.27. The third kappa shape index (κ3) is 6.31. The zero-order chi connectivity index (χ0) is 27.2. The van der Waals surface area contributed by atoms with Crippen LogP contribution < -0.4 is 15.0 Å². The molecule has 0 fully saturated rings. The molecule has 2 amide bonds. The van der Waals surface area contributed by atoms with Gasteiger partial charge in [0.1, 0.15) is 5.75 Å². The maximum absolute atomic E-state index is 13.3. The summed E-state index contributed by atoms with van der Waals surface area (Å²) in [6.07, 6.45) is 1.93. The van der Waals surface area contributed by atoms with Crippen molar-refractivity contribution in [2.75, 3.05) is 23.8 Å². The van der Waals surface area contributed by atoms with Crippen LogP contribution in [-0.2, 0) is 22.6 Å². The molecule has 0 unspecified atom stereocenters. The molecular formula is C30H31N5O3S. The van der Waals surface area contributed by atoms with Crippen molar-refractivity contribution in [3.8, 4) is 11.4 Å². The van der Waals surface area contributed by atoms with Crippen LogP contribution in [0.5, 0.6) is 5.75 Å². The summed E-state index contributed by atoms with van der Waals surface area (Å²) in [7, 11) is 0. The summed E-state index contributed by atoms with van der Waals surface area (Å²) in [5, 5.41) is 12.3. The van der Waals surface area contributed by atoms with E-state index in [1.165, 1.54) is 17.3 Å². The maximum atomic E-state index is 13.3. The number of carbonyl (C=O) groups is 2. The molecule has 0 aliphatic carbocycles. The highest BCUT2D eigenvalue weighted by atomic mass is 32.2. The Morgan fingerprint density at radius 1 is 0.974 bits per heavy atom. The lowest BCUT2D eigenvalue weighted by molar-refractivity contribution is -0.123. The average Bonchev–Trinajstić information content (AvgIpc) is 3.37. The highest BCUT2D eigenvalue weighted by Gasteiger charge is 2.24. The number of benzene rings is 3. The summed E-state index contributed by atoms with van der Waals surface area (Å²) in [5.41, 5.74) is 5.25. The molecule has 9 heteroatoms. The lowest BCUT2D eigenvalue weighted by atomic mass is 10.0. The summed E-state index contributed by atoms with van der Waals surface area (Å²) >= 11 is 1.36. The molecule has 0 saturated carbocycles. The number of amides is 2. The molecule has 4 aromatic rings. The van der Waals surface area contributed by atoms with E-state index in [1.54, 1.807) is 12.1 Å². The van der Waals surface area contributed by atoms with Gasteiger partial charge in [-0.3, -0.25) is 14.2 Å². The average molecular weight is 542 g/mol. The van der Waals surface area contributed by atoms with Crippen molar-refractivity contribution < 1.29 is 14.3 Å². The predicted octanol–water partition coefficient (Wildman–Crippen LogP) is 4.65. The van der Waals surface area contributed by atoms with Gasteiger partial charge in [-0.15, -0.1) is 10.2 Å². The highest BCUT2D eigenvalue weighted by Crippen LogP contribution is 2.29. The molecule has 0 saturated heterocycles. The number of aryl methyl sites for hydroxylation is 3. The molecule has 0 atom stereocenters. The molecular weight excluding hydrogens is 510 g/mol. The first-order valence-corrected chi connectivity index (χ1v) is 14.0. The fourth-order valence-corrected chi connectivity index (χ4v) is 5.44. The number of para-hydroxylation sites is 2. The van der Waals surface area contributed by atoms with Crippen LogP contribution in [0.2, 0.25) is 0 Å². The van der Waals surface area contributed by atoms with Crippen molar-refractivity contribution in [2.45, 2.75) is 38.4 Å². The SMILES string of the molecule is Cc1ccc(C)c(-n2c(CNC(=O)COc3ccccc3)nnc2SCC(=O)N2CCCc3ccccc32)c1. The zero-order valence-corrected chi connectivity index (χ0v) is 22.9. The second-order valence-electron chi connectivity index (χ2n) is 9.47. The van der Waals surface area contributed by atoms with E-state index in [2.05, 4.69) is 33.7 Å². The molecule has 0 radical (unpaired) electrons. The molecule has 5 rings (SSSR count). The van der Waals surface area contributed by atoms with E-state index >= 15 is 0 Å². The van der Waals surface area contributed by atoms with Crippen LogP contribution in [-0.4, -0.2) is 45.5 Å². The van der Waals surface area contributed by atoms with Crippen LogP contribution in [0.15, 0.2) is 78.0 Å². The number of hydrogen-bond acceptors (Lipinski definition) is 6. The summed E-state index contributed by atoms with van der Waals surface area (Å²) in [4.78, 5) is 27.7. The van der Waals surface area contributed by atoms with E-state index in [1.807, 2.05) is 65.8 Å². The first-order valence-electron chi connectivity index (χ1n) is 13.0. The second-order valence-corrected chi connectivity index (χ2v) is 10.4. The number of anilines is 1. The zero-order valence-electron chi connectivity index (χ0n) is 22.1. The minimum absolute atomic E-state index is 0.0376. The van der Waals surface area contributed by atoms with Crippen LogP contribution in [0.4, 0.5) is 5.69 Å². The molecule has 2 heterocycles. The van der Waals surface area contributed by atoms with E-state index in [9.17, 15) is 9.59 Å². The van der Waals surface area contributed by atoms with Crippen LogP contribution >= 0.6 is 11.8 Å². The molecule has 8 nitrogen and oxygen atoms in total. The summed E-state index contributed by atoms with van der Waals surface area (Å²) in [5.74, 6) is 1.22. The molecule has 0 bridgehead atoms. The molecule has 39 heavy (non-hydrogen) atoms. The lowest BCUT2D eigenvalue weighted by Crippen LogP contribution is -2.36. The Morgan fingerprint density at radius 2 is 1.77 bits per heavy atom. The maximum Gasteiger partial charge on any atom is 0.258 e. The minimum Gasteiger partial charge on any atom is -0.484 e. The molecule has 1 N–H and O–H groups in total. The summed E-state index contributed by atoms with van der Waals surface area (Å²) < 4.78 is 7.49. The molecule has 1 aromatic heterocycles. The molecule has 200 valence electrons. The van der Waals surface area contributed by atoms with E-state index in [-0.39, 0.29) is 30.7 Å². The van der Waals surface area contributed by atoms with Crippen molar-refractivity contribution in [1.82, 2.24) is 20.1 Å². The third-order valence-corrected chi connectivity index (χ3v) is 7.51. The molecule has 0 spiro atoms. The Hall–Kier alpha value is -4.11. The standard InChI is InChI=1S/C30H31N5O3S/c1-21-14-15-22(2)26(17-21)35-27(18-31-28(36)19-38-24-11-4-3-5-12-24)32-33-30(35)39-20-29(37)34-16-8-10-23-9-6-7-13-25(23)34/h3-7,9,11-15,17H,8,10,16,18-20H2,1-2H3,(H,31,36). The number of nitrogens with zero attached hydrogens (tertiary/aromatic N) is 4. The fraction of sp³-hybridized carbons (Fsp3) is 0.267. The van der Waals surface area contributed by atoms with Crippen molar-refractivity contribution >= 4 is 29.3 Å². The smallest absolute Gasteiger partial charge is 0.258 e. The molecule has 1 aliphatic heterocycles. The van der Waals surface area contributed by atoms with Gasteiger partial charge in [0.2, 0.25) is 5.91 Å².